The molecule has 1 aliphatic rings. The van der Waals surface area contributed by atoms with Gasteiger partial charge in [0.25, 0.3) is 0 Å². The second-order valence-corrected chi connectivity index (χ2v) is 5.22. The highest BCUT2D eigenvalue weighted by Gasteiger charge is 2.35. The van der Waals surface area contributed by atoms with Crippen LogP contribution in [0.2, 0.25) is 5.02 Å². The lowest BCUT2D eigenvalue weighted by molar-refractivity contribution is -0.117. The van der Waals surface area contributed by atoms with Gasteiger partial charge in [-0.3, -0.25) is 4.79 Å². The average Bonchev–Trinajstić information content (AvgIpc) is 3.04. The standard InChI is InChI=1S/C14H14ClN3O2/c1-2-12-16-14(20-17-12)9-6-13(19)18(8-9)11-5-3-4-10(15)7-11/h3-5,7,9H,2,6,8H2,1H3. The van der Waals surface area contributed by atoms with Gasteiger partial charge in [-0.25, -0.2) is 0 Å². The summed E-state index contributed by atoms with van der Waals surface area (Å²) in [6.45, 7) is 2.51. The van der Waals surface area contributed by atoms with E-state index in [-0.39, 0.29) is 11.8 Å². The molecule has 5 nitrogen and oxygen atoms in total. The topological polar surface area (TPSA) is 59.2 Å². The molecule has 6 heteroatoms. The number of aryl methyl sites for hydroxylation is 1. The van der Waals surface area contributed by atoms with Crippen LogP contribution in [0.3, 0.4) is 0 Å². The minimum Gasteiger partial charge on any atom is -0.339 e. The fraction of sp³-hybridized carbons (Fsp3) is 0.357. The lowest BCUT2D eigenvalue weighted by atomic mass is 10.1. The second kappa shape index (κ2) is 5.25. The molecule has 0 aliphatic carbocycles. The van der Waals surface area contributed by atoms with E-state index in [2.05, 4.69) is 10.1 Å². The maximum Gasteiger partial charge on any atom is 0.232 e. The third-order valence-corrected chi connectivity index (χ3v) is 3.63. The first-order valence-corrected chi connectivity index (χ1v) is 6.93. The Bertz CT molecular complexity index is 641. The molecule has 0 bridgehead atoms. The molecule has 1 aliphatic heterocycles. The van der Waals surface area contributed by atoms with Crippen molar-refractivity contribution >= 4 is 23.2 Å². The van der Waals surface area contributed by atoms with Crippen LogP contribution < -0.4 is 4.90 Å². The summed E-state index contributed by atoms with van der Waals surface area (Å²) in [5.41, 5.74) is 0.806. The maximum absolute atomic E-state index is 12.1. The summed E-state index contributed by atoms with van der Waals surface area (Å²) in [5, 5.41) is 4.49. The molecule has 2 heterocycles. The van der Waals surface area contributed by atoms with Crippen LogP contribution in [0, 0.1) is 0 Å². The molecule has 1 fully saturated rings. The Morgan fingerprint density at radius 1 is 1.50 bits per heavy atom. The van der Waals surface area contributed by atoms with Gasteiger partial charge in [-0.05, 0) is 18.2 Å². The number of hydrogen-bond acceptors (Lipinski definition) is 4. The summed E-state index contributed by atoms with van der Waals surface area (Å²) < 4.78 is 5.23. The number of amides is 1. The minimum atomic E-state index is -0.0470. The first-order chi connectivity index (χ1) is 9.67. The smallest absolute Gasteiger partial charge is 0.232 e. The average molecular weight is 292 g/mol. The molecule has 1 aromatic heterocycles. The van der Waals surface area contributed by atoms with Gasteiger partial charge < -0.3 is 9.42 Å². The largest absolute Gasteiger partial charge is 0.339 e. The number of hydrogen-bond donors (Lipinski definition) is 0. The highest BCUT2D eigenvalue weighted by molar-refractivity contribution is 6.30. The number of carbonyl (C=O) groups is 1. The number of anilines is 1. The summed E-state index contributed by atoms with van der Waals surface area (Å²) in [6, 6.07) is 7.28. The Morgan fingerprint density at radius 2 is 2.35 bits per heavy atom. The molecule has 1 amide bonds. The van der Waals surface area contributed by atoms with Gasteiger partial charge in [-0.1, -0.05) is 29.7 Å². The fourth-order valence-electron chi connectivity index (χ4n) is 2.34. The van der Waals surface area contributed by atoms with Crippen LogP contribution in [-0.4, -0.2) is 22.6 Å². The normalized spacial score (nSPS) is 18.8. The molecule has 0 spiro atoms. The lowest BCUT2D eigenvalue weighted by Crippen LogP contribution is -2.24. The van der Waals surface area contributed by atoms with Crippen molar-refractivity contribution in [1.82, 2.24) is 10.1 Å². The van der Waals surface area contributed by atoms with E-state index < -0.39 is 0 Å². The molecular formula is C14H14ClN3O2. The summed E-state index contributed by atoms with van der Waals surface area (Å²) in [6.07, 6.45) is 1.11. The Morgan fingerprint density at radius 3 is 3.05 bits per heavy atom. The van der Waals surface area contributed by atoms with E-state index in [1.54, 1.807) is 17.0 Å². The third kappa shape index (κ3) is 2.41. The first-order valence-electron chi connectivity index (χ1n) is 6.55. The predicted octanol–water partition coefficient (Wildman–Crippen LogP) is 2.81. The van der Waals surface area contributed by atoms with Crippen molar-refractivity contribution < 1.29 is 9.32 Å². The molecule has 0 radical (unpaired) electrons. The molecule has 1 saturated heterocycles. The van der Waals surface area contributed by atoms with Crippen molar-refractivity contribution in [3.8, 4) is 0 Å². The van der Waals surface area contributed by atoms with Crippen molar-refractivity contribution in [2.24, 2.45) is 0 Å². The molecule has 104 valence electrons. The highest BCUT2D eigenvalue weighted by Crippen LogP contribution is 2.31. The predicted molar refractivity (Wildman–Crippen MR) is 74.8 cm³/mol. The zero-order chi connectivity index (χ0) is 14.1. The molecular weight excluding hydrogens is 278 g/mol. The van der Waals surface area contributed by atoms with Gasteiger partial charge in [0.1, 0.15) is 0 Å². The van der Waals surface area contributed by atoms with Gasteiger partial charge >= 0.3 is 0 Å². The van der Waals surface area contributed by atoms with Gasteiger partial charge in [0, 0.05) is 30.1 Å². The number of carbonyl (C=O) groups excluding carboxylic acids is 1. The molecule has 2 aromatic rings. The molecule has 0 saturated carbocycles. The minimum absolute atomic E-state index is 0.0470. The molecule has 3 rings (SSSR count). The van der Waals surface area contributed by atoms with Crippen LogP contribution in [0.1, 0.15) is 31.0 Å². The van der Waals surface area contributed by atoms with Crippen LogP contribution in [0.25, 0.3) is 0 Å². The van der Waals surface area contributed by atoms with Crippen molar-refractivity contribution in [3.63, 3.8) is 0 Å². The van der Waals surface area contributed by atoms with Gasteiger partial charge in [0.05, 0.1) is 5.92 Å². The Kier molecular flexibility index (Phi) is 3.44. The summed E-state index contributed by atoms with van der Waals surface area (Å²) in [5.74, 6) is 1.22. The number of halogens is 1. The van der Waals surface area contributed by atoms with Crippen molar-refractivity contribution in [2.45, 2.75) is 25.7 Å². The second-order valence-electron chi connectivity index (χ2n) is 4.79. The molecule has 0 N–H and O–H groups in total. The van der Waals surface area contributed by atoms with Crippen LogP contribution in [0.5, 0.6) is 0 Å². The van der Waals surface area contributed by atoms with Crippen molar-refractivity contribution in [3.05, 3.63) is 41.0 Å². The lowest BCUT2D eigenvalue weighted by Gasteiger charge is -2.16. The monoisotopic (exact) mass is 291 g/mol. The fourth-order valence-corrected chi connectivity index (χ4v) is 2.53. The SMILES string of the molecule is CCc1noc(C2CC(=O)N(c3cccc(Cl)c3)C2)n1. The van der Waals surface area contributed by atoms with E-state index in [9.17, 15) is 4.79 Å². The first kappa shape index (κ1) is 13.1. The van der Waals surface area contributed by atoms with E-state index in [1.165, 1.54) is 0 Å². The van der Waals surface area contributed by atoms with Crippen molar-refractivity contribution in [1.29, 1.82) is 0 Å². The van der Waals surface area contributed by atoms with E-state index in [4.69, 9.17) is 16.1 Å². The van der Waals surface area contributed by atoms with Crippen LogP contribution in [0.4, 0.5) is 5.69 Å². The number of benzene rings is 1. The number of nitrogens with zero attached hydrogens (tertiary/aromatic N) is 3. The summed E-state index contributed by atoms with van der Waals surface area (Å²) >= 11 is 5.97. The van der Waals surface area contributed by atoms with E-state index in [0.717, 1.165) is 12.1 Å². The van der Waals surface area contributed by atoms with Crippen molar-refractivity contribution in [2.75, 3.05) is 11.4 Å². The molecule has 1 atom stereocenters. The zero-order valence-electron chi connectivity index (χ0n) is 11.0. The van der Waals surface area contributed by atoms with Gasteiger partial charge in [-0.2, -0.15) is 4.98 Å². The Hall–Kier alpha value is -1.88. The number of aromatic nitrogens is 2. The molecule has 1 aromatic carbocycles. The van der Waals surface area contributed by atoms with Crippen LogP contribution in [0.15, 0.2) is 28.8 Å². The number of rotatable bonds is 3. The van der Waals surface area contributed by atoms with E-state index in [0.29, 0.717) is 29.7 Å². The van der Waals surface area contributed by atoms with Crippen LogP contribution in [-0.2, 0) is 11.2 Å². The van der Waals surface area contributed by atoms with Crippen LogP contribution >= 0.6 is 11.6 Å². The Labute approximate surface area is 121 Å². The third-order valence-electron chi connectivity index (χ3n) is 3.39. The van der Waals surface area contributed by atoms with Gasteiger partial charge in [0.15, 0.2) is 5.82 Å². The highest BCUT2D eigenvalue weighted by atomic mass is 35.5. The summed E-state index contributed by atoms with van der Waals surface area (Å²) in [4.78, 5) is 18.2. The Balaban J connectivity index is 1.81. The maximum atomic E-state index is 12.1. The van der Waals surface area contributed by atoms with Gasteiger partial charge in [0.2, 0.25) is 11.8 Å². The molecule has 20 heavy (non-hydrogen) atoms. The molecule has 1 unspecified atom stereocenters. The van der Waals surface area contributed by atoms with E-state index >= 15 is 0 Å². The van der Waals surface area contributed by atoms with E-state index in [1.807, 2.05) is 19.1 Å². The quantitative estimate of drug-likeness (QED) is 0.872. The van der Waals surface area contributed by atoms with Gasteiger partial charge in [-0.15, -0.1) is 0 Å². The summed E-state index contributed by atoms with van der Waals surface area (Å²) in [7, 11) is 0. The zero-order valence-corrected chi connectivity index (χ0v) is 11.8.